The van der Waals surface area contributed by atoms with Crippen LogP contribution >= 0.6 is 0 Å². The highest BCUT2D eigenvalue weighted by Gasteiger charge is 2.45. The van der Waals surface area contributed by atoms with Gasteiger partial charge in [0, 0.05) is 52.2 Å². The number of esters is 1. The molecule has 2 heterocycles. The summed E-state index contributed by atoms with van der Waals surface area (Å²) in [5, 5.41) is 95.0. The molecule has 0 aliphatic carbocycles. The maximum Gasteiger partial charge on any atom is 0.335 e. The van der Waals surface area contributed by atoms with E-state index in [4.69, 9.17) is 4.74 Å². The van der Waals surface area contributed by atoms with Crippen molar-refractivity contribution in [2.24, 2.45) is 11.8 Å². The van der Waals surface area contributed by atoms with Crippen molar-refractivity contribution < 1.29 is 132 Å². The van der Waals surface area contributed by atoms with Crippen LogP contribution in [0.5, 0.6) is 5.75 Å². The summed E-state index contributed by atoms with van der Waals surface area (Å²) < 4.78 is 5.62. The van der Waals surface area contributed by atoms with Gasteiger partial charge in [0.1, 0.15) is 72.8 Å². The molecule has 1 aromatic carbocycles. The smallest absolute Gasteiger partial charge is 0.335 e. The number of rotatable bonds is 35. The molecular formula is C68H101N13O27. The first-order chi connectivity index (χ1) is 50.9. The molecule has 2 aliphatic rings. The van der Waals surface area contributed by atoms with E-state index >= 15 is 9.59 Å². The fourth-order valence-electron chi connectivity index (χ4n) is 11.3. The molecule has 40 heteroatoms. The van der Waals surface area contributed by atoms with E-state index in [1.165, 1.54) is 45.0 Å². The minimum atomic E-state index is -2.85. The van der Waals surface area contributed by atoms with Crippen molar-refractivity contribution in [2.45, 2.75) is 223 Å². The lowest BCUT2D eigenvalue weighted by Crippen LogP contribution is -2.64. The van der Waals surface area contributed by atoms with Crippen LogP contribution in [0.15, 0.2) is 24.3 Å². The second-order valence-corrected chi connectivity index (χ2v) is 26.4. The Labute approximate surface area is 620 Å². The summed E-state index contributed by atoms with van der Waals surface area (Å²) in [7, 11) is 0.966. The first-order valence-corrected chi connectivity index (χ1v) is 35.4. The van der Waals surface area contributed by atoms with E-state index in [-0.39, 0.29) is 56.0 Å². The van der Waals surface area contributed by atoms with Crippen LogP contribution < -0.4 is 58.5 Å². The molecule has 13 amide bonds. The number of nitrogens with zero attached hydrogens (tertiary/aromatic N) is 2. The molecule has 0 aromatic heterocycles. The highest BCUT2D eigenvalue weighted by Crippen LogP contribution is 2.21. The van der Waals surface area contributed by atoms with E-state index in [0.717, 1.165) is 52.5 Å². The molecular weight excluding hydrogens is 1430 g/mol. The molecule has 0 saturated carbocycles. The number of carboxylic acid groups (broad SMARTS) is 5. The Morgan fingerprint density at radius 1 is 0.611 bits per heavy atom. The van der Waals surface area contributed by atoms with Gasteiger partial charge in [0.2, 0.25) is 76.8 Å². The lowest BCUT2D eigenvalue weighted by molar-refractivity contribution is -0.156. The summed E-state index contributed by atoms with van der Waals surface area (Å²) in [6.45, 7) is 4.02. The molecule has 0 radical (unpaired) electrons. The molecule has 40 nitrogen and oxygen atoms in total. The van der Waals surface area contributed by atoms with Crippen molar-refractivity contribution in [3.05, 3.63) is 29.8 Å². The van der Waals surface area contributed by atoms with Gasteiger partial charge in [0.05, 0.1) is 25.4 Å². The number of aliphatic hydroxyl groups excluding tert-OH is 1. The van der Waals surface area contributed by atoms with E-state index in [1.54, 1.807) is 0 Å². The SMILES string of the molecule is CCCCCCCCCC(=O)NC[C@@H](C)C(=O)NCC(=O)N[C@H](CCC(=O)O)C(=O)N[C@@H](Cc1ccc(O)cc1)C(=O)N[C@@H]1C(=O)N[C@H]([C@H](C)CC)C(=O)N[C@@H](CC(=O)O)C(=O)N[C@@H]([C@@H](O)C(=O)O)C(=O)N2CCC[C@H]2C(=O)NCC(=O)N[C@H](CCC(=O)O)C(=O)N[C@@H](CCC(=O)O)C(=O)N(C)CC(=O)O[C@@H]1C. The van der Waals surface area contributed by atoms with Gasteiger partial charge in [-0.25, -0.2) is 4.79 Å². The fourth-order valence-corrected chi connectivity index (χ4v) is 11.3. The summed E-state index contributed by atoms with van der Waals surface area (Å²) in [6.07, 6.45) is -4.48. The van der Waals surface area contributed by atoms with E-state index in [2.05, 4.69) is 60.1 Å². The summed E-state index contributed by atoms with van der Waals surface area (Å²) >= 11 is 0. The number of cyclic esters (lactones) is 1. The van der Waals surface area contributed by atoms with Crippen LogP contribution in [0.1, 0.15) is 156 Å². The molecule has 108 heavy (non-hydrogen) atoms. The first-order valence-electron chi connectivity index (χ1n) is 35.4. The van der Waals surface area contributed by atoms with Crippen LogP contribution in [0.3, 0.4) is 0 Å². The average molecular weight is 1530 g/mol. The van der Waals surface area contributed by atoms with Crippen LogP contribution in [-0.4, -0.2) is 265 Å². The predicted molar refractivity (Wildman–Crippen MR) is 372 cm³/mol. The normalized spacial score (nSPS) is 21.8. The van der Waals surface area contributed by atoms with Gasteiger partial charge in [-0.1, -0.05) is 84.8 Å². The number of carboxylic acids is 5. The minimum Gasteiger partial charge on any atom is -0.508 e. The third-order valence-corrected chi connectivity index (χ3v) is 17.7. The number of unbranched alkanes of at least 4 members (excludes halogenated alkanes) is 6. The Morgan fingerprint density at radius 2 is 1.20 bits per heavy atom. The van der Waals surface area contributed by atoms with Gasteiger partial charge in [0.15, 0.2) is 6.10 Å². The number of carbonyl (C=O) groups excluding carboxylic acids is 14. The van der Waals surface area contributed by atoms with Crippen molar-refractivity contribution in [1.29, 1.82) is 0 Å². The van der Waals surface area contributed by atoms with Crippen molar-refractivity contribution in [3.8, 4) is 5.75 Å². The molecule has 0 spiro atoms. The zero-order chi connectivity index (χ0) is 81.1. The summed E-state index contributed by atoms with van der Waals surface area (Å²) in [6, 6.07) is -13.2. The standard InChI is InChI=1S/C68H101N13O27/c1-7-9-10-11-12-13-14-17-46(83)69-31-36(4)58(96)70-32-47(84)73-41(23-26-50(88)89)60(98)75-43(29-38-18-20-39(82)21-19-38)61(99)78-55-37(5)108-53(94)34-80(6)66(104)42(24-27-51(90)91)74-59(97)40(22-25-49(86)87)72-48(85)33-71-63(101)45-16-15-28-81(45)67(105)56(57(95)68(106)107)79-62(100)44(30-52(92)93)76-64(102)54(35(3)8-2)77-65(55)103/h18-21,35-37,40-45,54-57,82,95H,7-17,22-34H2,1-6H3,(H,69,83)(H,70,96)(H,71,101)(H,72,85)(H,73,84)(H,74,97)(H,75,98)(H,76,102)(H,77,103)(H,78,99)(H,79,100)(H,86,87)(H,88,89)(H,90,91)(H,92,93)(H,106,107)/t35-,36-,37-,40-,41-,42+,43+,44+,45+,54-,55+,56+,57-/m1/s1. The van der Waals surface area contributed by atoms with Crippen LogP contribution in [0.4, 0.5) is 0 Å². The van der Waals surface area contributed by atoms with Crippen molar-refractivity contribution in [1.82, 2.24) is 68.3 Å². The number of carbonyl (C=O) groups is 19. The largest absolute Gasteiger partial charge is 0.508 e. The zero-order valence-electron chi connectivity index (χ0n) is 61.0. The molecule has 1 aromatic rings. The number of nitrogens with one attached hydrogen (secondary N) is 11. The van der Waals surface area contributed by atoms with E-state index < -0.39 is 256 Å². The number of phenolic OH excluding ortho intramolecular Hbond substituents is 1. The topological polar surface area (TPSA) is 614 Å². The number of hydrogen-bond acceptors (Lipinski definition) is 22. The van der Waals surface area contributed by atoms with E-state index in [1.807, 2.05) is 5.32 Å². The number of amides is 13. The first kappa shape index (κ1) is 91.1. The summed E-state index contributed by atoms with van der Waals surface area (Å²) in [4.78, 5) is 258. The lowest BCUT2D eigenvalue weighted by atomic mass is 9.96. The van der Waals surface area contributed by atoms with E-state index in [0.29, 0.717) is 16.2 Å². The van der Waals surface area contributed by atoms with Gasteiger partial charge in [0.25, 0.3) is 0 Å². The number of likely N-dealkylation sites (N-methyl/N-ethyl adjacent to an activating group) is 1. The molecule has 0 bridgehead atoms. The molecule has 2 fully saturated rings. The van der Waals surface area contributed by atoms with Crippen molar-refractivity contribution in [3.63, 3.8) is 0 Å². The predicted octanol–water partition coefficient (Wildman–Crippen LogP) is -4.11. The Hall–Kier alpha value is -11.1. The van der Waals surface area contributed by atoms with Gasteiger partial charge in [-0.2, -0.15) is 0 Å². The maximum atomic E-state index is 15.1. The zero-order valence-corrected chi connectivity index (χ0v) is 61.0. The van der Waals surface area contributed by atoms with Crippen LogP contribution in [0.25, 0.3) is 0 Å². The monoisotopic (exact) mass is 1530 g/mol. The fraction of sp³-hybridized carbons (Fsp3) is 0.632. The third kappa shape index (κ3) is 31.9. The van der Waals surface area contributed by atoms with Gasteiger partial charge in [-0.05, 0) is 69.1 Å². The molecule has 0 unspecified atom stereocenters. The number of aliphatic hydroxyl groups is 1. The van der Waals surface area contributed by atoms with Crippen molar-refractivity contribution >= 4 is 113 Å². The van der Waals surface area contributed by atoms with Gasteiger partial charge < -0.3 is 109 Å². The average Bonchev–Trinajstić information content (AvgIpc) is 1.46. The van der Waals surface area contributed by atoms with Gasteiger partial charge in [-0.15, -0.1) is 0 Å². The van der Waals surface area contributed by atoms with Crippen LogP contribution in [0, 0.1) is 11.8 Å². The number of fused-ring (bicyclic) bond motifs is 1. The van der Waals surface area contributed by atoms with Gasteiger partial charge >= 0.3 is 35.8 Å². The van der Waals surface area contributed by atoms with Crippen molar-refractivity contribution in [2.75, 3.05) is 39.8 Å². The quantitative estimate of drug-likeness (QED) is 0.0227. The highest BCUT2D eigenvalue weighted by atomic mass is 16.5. The molecule has 2 aliphatic heterocycles. The molecule has 18 N–H and O–H groups in total. The number of benzene rings is 1. The van der Waals surface area contributed by atoms with Crippen LogP contribution in [0.2, 0.25) is 0 Å². The highest BCUT2D eigenvalue weighted by molar-refractivity contribution is 6.01. The second kappa shape index (κ2) is 46.1. The number of phenols is 1. The number of ether oxygens (including phenoxy) is 1. The number of aliphatic carboxylic acids is 5. The van der Waals surface area contributed by atoms with Crippen LogP contribution in [-0.2, 0) is 102 Å². The molecule has 2 saturated heterocycles. The Balaban J connectivity index is 2.20. The van der Waals surface area contributed by atoms with Gasteiger partial charge in [-0.3, -0.25) is 86.3 Å². The minimum absolute atomic E-state index is 0.00203. The Kier molecular flexibility index (Phi) is 38.9. The third-order valence-electron chi connectivity index (χ3n) is 17.7. The Morgan fingerprint density at radius 3 is 1.81 bits per heavy atom. The summed E-state index contributed by atoms with van der Waals surface area (Å²) in [5.74, 6) is -27.5. The maximum absolute atomic E-state index is 15.1. The Bertz CT molecular complexity index is 3390. The molecule has 13 atom stereocenters. The molecule has 3 rings (SSSR count). The lowest BCUT2D eigenvalue weighted by Gasteiger charge is -2.32. The number of hydrogen-bond donors (Lipinski definition) is 18. The summed E-state index contributed by atoms with van der Waals surface area (Å²) in [5.41, 5.74) is 0.167. The van der Waals surface area contributed by atoms with E-state index in [9.17, 15) is 117 Å². The second-order valence-electron chi connectivity index (χ2n) is 26.4. The molecule has 600 valence electrons. The number of aromatic hydroxyl groups is 1.